The standard InChI is InChI=1S/C15H20N4OS/c1-10-9-13(11(2)19(10)15-17-5-8-21-15)14(20)18-6-3-12(16)4-7-18/h5,8-9,12H,3-4,6-7,16H2,1-2H3. The van der Waals surface area contributed by atoms with Crippen LogP contribution in [0, 0.1) is 13.8 Å². The molecule has 0 atom stereocenters. The lowest BCUT2D eigenvalue weighted by Gasteiger charge is -2.30. The van der Waals surface area contributed by atoms with Crippen LogP contribution in [0.4, 0.5) is 0 Å². The van der Waals surface area contributed by atoms with Gasteiger partial charge >= 0.3 is 0 Å². The molecule has 0 unspecified atom stereocenters. The van der Waals surface area contributed by atoms with E-state index in [0.29, 0.717) is 0 Å². The molecule has 2 N–H and O–H groups in total. The minimum atomic E-state index is 0.109. The molecule has 112 valence electrons. The molecule has 2 aromatic heterocycles. The van der Waals surface area contributed by atoms with E-state index in [4.69, 9.17) is 5.73 Å². The number of aryl methyl sites for hydroxylation is 1. The van der Waals surface area contributed by atoms with E-state index in [9.17, 15) is 4.79 Å². The number of thiazole rings is 1. The zero-order chi connectivity index (χ0) is 15.0. The van der Waals surface area contributed by atoms with Gasteiger partial charge in [-0.1, -0.05) is 0 Å². The maximum atomic E-state index is 12.7. The van der Waals surface area contributed by atoms with Crippen LogP contribution in [-0.2, 0) is 0 Å². The maximum absolute atomic E-state index is 12.7. The molecule has 0 spiro atoms. The van der Waals surface area contributed by atoms with Gasteiger partial charge in [0.25, 0.3) is 5.91 Å². The molecule has 0 saturated carbocycles. The summed E-state index contributed by atoms with van der Waals surface area (Å²) in [7, 11) is 0. The van der Waals surface area contributed by atoms with Crippen LogP contribution in [-0.4, -0.2) is 39.5 Å². The first-order valence-corrected chi connectivity index (χ1v) is 8.09. The van der Waals surface area contributed by atoms with E-state index < -0.39 is 0 Å². The summed E-state index contributed by atoms with van der Waals surface area (Å²) in [5.74, 6) is 0.109. The maximum Gasteiger partial charge on any atom is 0.255 e. The zero-order valence-electron chi connectivity index (χ0n) is 12.4. The summed E-state index contributed by atoms with van der Waals surface area (Å²) in [5.41, 5.74) is 8.69. The average molecular weight is 304 g/mol. The molecular formula is C15H20N4OS. The predicted molar refractivity (Wildman–Crippen MR) is 84.0 cm³/mol. The monoisotopic (exact) mass is 304 g/mol. The Hall–Kier alpha value is -1.66. The number of aromatic nitrogens is 2. The predicted octanol–water partition coefficient (Wildman–Crippen LogP) is 2.11. The molecule has 1 fully saturated rings. The van der Waals surface area contributed by atoms with E-state index in [-0.39, 0.29) is 11.9 Å². The summed E-state index contributed by atoms with van der Waals surface area (Å²) in [4.78, 5) is 19.0. The molecule has 3 rings (SSSR count). The van der Waals surface area contributed by atoms with Crippen molar-refractivity contribution in [3.63, 3.8) is 0 Å². The van der Waals surface area contributed by atoms with Crippen molar-refractivity contribution in [2.75, 3.05) is 13.1 Å². The molecule has 5 nitrogen and oxygen atoms in total. The third-order valence-corrected chi connectivity index (χ3v) is 4.86. The summed E-state index contributed by atoms with van der Waals surface area (Å²) in [5, 5.41) is 2.85. The first kappa shape index (κ1) is 14.3. The van der Waals surface area contributed by atoms with E-state index in [1.165, 1.54) is 0 Å². The first-order chi connectivity index (χ1) is 10.1. The van der Waals surface area contributed by atoms with Crippen molar-refractivity contribution in [1.29, 1.82) is 0 Å². The van der Waals surface area contributed by atoms with Gasteiger partial charge in [-0.2, -0.15) is 0 Å². The van der Waals surface area contributed by atoms with Crippen molar-refractivity contribution in [3.8, 4) is 5.13 Å². The highest BCUT2D eigenvalue weighted by atomic mass is 32.1. The fourth-order valence-electron chi connectivity index (χ4n) is 2.87. The zero-order valence-corrected chi connectivity index (χ0v) is 13.2. The largest absolute Gasteiger partial charge is 0.338 e. The topological polar surface area (TPSA) is 64.2 Å². The van der Waals surface area contributed by atoms with Crippen LogP contribution < -0.4 is 5.73 Å². The lowest BCUT2D eigenvalue weighted by atomic mass is 10.1. The molecular weight excluding hydrogens is 284 g/mol. The van der Waals surface area contributed by atoms with Crippen molar-refractivity contribution in [1.82, 2.24) is 14.5 Å². The van der Waals surface area contributed by atoms with Crippen molar-refractivity contribution in [2.45, 2.75) is 32.7 Å². The number of carbonyl (C=O) groups excluding carboxylic acids is 1. The lowest BCUT2D eigenvalue weighted by molar-refractivity contribution is 0.0714. The highest BCUT2D eigenvalue weighted by molar-refractivity contribution is 7.12. The fraction of sp³-hybridized carbons (Fsp3) is 0.467. The van der Waals surface area contributed by atoms with Gasteiger partial charge in [0.1, 0.15) is 0 Å². The molecule has 0 bridgehead atoms. The highest BCUT2D eigenvalue weighted by Crippen LogP contribution is 2.24. The van der Waals surface area contributed by atoms with Gasteiger partial charge in [0.2, 0.25) is 0 Å². The average Bonchev–Trinajstić information content (AvgIpc) is 3.07. The highest BCUT2D eigenvalue weighted by Gasteiger charge is 2.25. The number of hydrogen-bond donors (Lipinski definition) is 1. The van der Waals surface area contributed by atoms with Gasteiger partial charge in [-0.25, -0.2) is 4.98 Å². The van der Waals surface area contributed by atoms with Crippen LogP contribution in [0.25, 0.3) is 5.13 Å². The van der Waals surface area contributed by atoms with Crippen LogP contribution >= 0.6 is 11.3 Å². The summed E-state index contributed by atoms with van der Waals surface area (Å²) in [6.07, 6.45) is 3.56. The Kier molecular flexibility index (Phi) is 3.82. The van der Waals surface area contributed by atoms with E-state index in [1.54, 1.807) is 17.5 Å². The molecule has 2 aromatic rings. The Morgan fingerprint density at radius 2 is 2.10 bits per heavy atom. The Morgan fingerprint density at radius 3 is 2.71 bits per heavy atom. The second-order valence-corrected chi connectivity index (χ2v) is 6.44. The number of likely N-dealkylation sites (tertiary alicyclic amines) is 1. The van der Waals surface area contributed by atoms with Gasteiger partial charge in [-0.15, -0.1) is 11.3 Å². The number of rotatable bonds is 2. The minimum absolute atomic E-state index is 0.109. The first-order valence-electron chi connectivity index (χ1n) is 7.21. The summed E-state index contributed by atoms with van der Waals surface area (Å²) < 4.78 is 2.05. The number of nitrogens with zero attached hydrogens (tertiary/aromatic N) is 3. The Morgan fingerprint density at radius 1 is 1.38 bits per heavy atom. The summed E-state index contributed by atoms with van der Waals surface area (Å²) >= 11 is 1.58. The van der Waals surface area contributed by atoms with Gasteiger partial charge < -0.3 is 10.6 Å². The van der Waals surface area contributed by atoms with E-state index in [0.717, 1.165) is 48.0 Å². The molecule has 0 aromatic carbocycles. The minimum Gasteiger partial charge on any atom is -0.338 e. The normalized spacial score (nSPS) is 16.4. The Labute approximate surface area is 128 Å². The molecule has 0 aliphatic carbocycles. The molecule has 21 heavy (non-hydrogen) atoms. The molecule has 1 amide bonds. The Balaban J connectivity index is 1.89. The number of piperidine rings is 1. The SMILES string of the molecule is Cc1cc(C(=O)N2CCC(N)CC2)c(C)n1-c1nccs1. The van der Waals surface area contributed by atoms with Gasteiger partial charge in [0.15, 0.2) is 5.13 Å². The van der Waals surface area contributed by atoms with Crippen molar-refractivity contribution in [2.24, 2.45) is 5.73 Å². The van der Waals surface area contributed by atoms with E-state index in [1.807, 2.05) is 34.8 Å². The van der Waals surface area contributed by atoms with Gasteiger partial charge in [-0.05, 0) is 32.8 Å². The van der Waals surface area contributed by atoms with Crippen molar-refractivity contribution in [3.05, 3.63) is 34.6 Å². The number of hydrogen-bond acceptors (Lipinski definition) is 4. The Bertz CT molecular complexity index is 639. The molecule has 1 aliphatic heterocycles. The quantitative estimate of drug-likeness (QED) is 0.924. The van der Waals surface area contributed by atoms with Crippen LogP contribution in [0.2, 0.25) is 0 Å². The van der Waals surface area contributed by atoms with Crippen LogP contribution in [0.5, 0.6) is 0 Å². The number of nitrogens with two attached hydrogens (primary N) is 1. The van der Waals surface area contributed by atoms with Crippen LogP contribution in [0.1, 0.15) is 34.6 Å². The molecule has 0 radical (unpaired) electrons. The lowest BCUT2D eigenvalue weighted by Crippen LogP contribution is -2.42. The third kappa shape index (κ3) is 2.61. The second-order valence-electron chi connectivity index (χ2n) is 5.56. The smallest absolute Gasteiger partial charge is 0.255 e. The van der Waals surface area contributed by atoms with Crippen LogP contribution in [0.3, 0.4) is 0 Å². The molecule has 3 heterocycles. The van der Waals surface area contributed by atoms with Crippen LogP contribution in [0.15, 0.2) is 17.6 Å². The third-order valence-electron chi connectivity index (χ3n) is 4.10. The van der Waals surface area contributed by atoms with Gasteiger partial charge in [0.05, 0.1) is 5.56 Å². The second kappa shape index (κ2) is 5.61. The van der Waals surface area contributed by atoms with E-state index >= 15 is 0 Å². The van der Waals surface area contributed by atoms with Crippen molar-refractivity contribution < 1.29 is 4.79 Å². The van der Waals surface area contributed by atoms with Crippen molar-refractivity contribution >= 4 is 17.2 Å². The number of carbonyl (C=O) groups is 1. The summed E-state index contributed by atoms with van der Waals surface area (Å²) in [6.45, 7) is 5.50. The van der Waals surface area contributed by atoms with Gasteiger partial charge in [0, 0.05) is 42.1 Å². The number of amides is 1. The molecule has 6 heteroatoms. The van der Waals surface area contributed by atoms with E-state index in [2.05, 4.69) is 4.98 Å². The molecule has 1 saturated heterocycles. The molecule has 1 aliphatic rings. The summed E-state index contributed by atoms with van der Waals surface area (Å²) in [6, 6.07) is 2.20. The van der Waals surface area contributed by atoms with Gasteiger partial charge in [-0.3, -0.25) is 9.36 Å². The fourth-order valence-corrected chi connectivity index (χ4v) is 3.62.